The third-order valence-corrected chi connectivity index (χ3v) is 5.31. The van der Waals surface area contributed by atoms with Crippen LogP contribution in [0.3, 0.4) is 0 Å². The molecule has 3 rings (SSSR count). The number of carbonyl (C=O) groups excluding carboxylic acids is 1. The van der Waals surface area contributed by atoms with Gasteiger partial charge in [-0.3, -0.25) is 19.1 Å². The minimum atomic E-state index is -0.343. The Morgan fingerprint density at radius 1 is 1.24 bits per heavy atom. The maximum atomic E-state index is 12.8. The molecule has 0 spiro atoms. The number of hydrogen-bond donors (Lipinski definition) is 2. The Balaban J connectivity index is 1.75. The van der Waals surface area contributed by atoms with Gasteiger partial charge in [0.2, 0.25) is 5.91 Å². The van der Waals surface area contributed by atoms with E-state index >= 15 is 0 Å². The van der Waals surface area contributed by atoms with Gasteiger partial charge >= 0.3 is 0 Å². The normalized spacial score (nSPS) is 10.9. The molecule has 0 bridgehead atoms. The molecule has 3 aromatic rings. The molecular formula is C20H23N5O3S. The fourth-order valence-corrected chi connectivity index (χ4v) is 3.65. The number of amides is 1. The van der Waals surface area contributed by atoms with Crippen molar-refractivity contribution < 1.29 is 4.79 Å². The quantitative estimate of drug-likeness (QED) is 0.457. The van der Waals surface area contributed by atoms with Crippen LogP contribution >= 0.6 is 11.8 Å². The van der Waals surface area contributed by atoms with Crippen molar-refractivity contribution in [3.8, 4) is 5.69 Å². The molecule has 9 heteroatoms. The van der Waals surface area contributed by atoms with Crippen LogP contribution in [0.2, 0.25) is 0 Å². The predicted molar refractivity (Wildman–Crippen MR) is 114 cm³/mol. The largest absolute Gasteiger partial charge is 0.319 e. The molecule has 0 aliphatic heterocycles. The van der Waals surface area contributed by atoms with E-state index in [4.69, 9.17) is 0 Å². The van der Waals surface area contributed by atoms with Gasteiger partial charge in [0.05, 0.1) is 17.1 Å². The predicted octanol–water partition coefficient (Wildman–Crippen LogP) is 2.25. The van der Waals surface area contributed by atoms with Crippen LogP contribution in [0.1, 0.15) is 24.7 Å². The van der Waals surface area contributed by atoms with Crippen LogP contribution in [-0.2, 0) is 18.3 Å². The molecule has 0 saturated heterocycles. The molecule has 0 atom stereocenters. The average Bonchev–Trinajstić information content (AvgIpc) is 2.90. The van der Waals surface area contributed by atoms with E-state index in [0.29, 0.717) is 28.7 Å². The third-order valence-electron chi connectivity index (χ3n) is 4.44. The van der Waals surface area contributed by atoms with Gasteiger partial charge in [-0.1, -0.05) is 43.3 Å². The summed E-state index contributed by atoms with van der Waals surface area (Å²) in [6.45, 7) is 3.78. The van der Waals surface area contributed by atoms with Gasteiger partial charge in [-0.05, 0) is 25.5 Å². The summed E-state index contributed by atoms with van der Waals surface area (Å²) in [5.41, 5.74) is 1.76. The zero-order chi connectivity index (χ0) is 21.0. The molecule has 0 fully saturated rings. The molecule has 0 aliphatic rings. The number of para-hydroxylation sites is 1. The van der Waals surface area contributed by atoms with Crippen molar-refractivity contribution in [2.24, 2.45) is 7.05 Å². The lowest BCUT2D eigenvalue weighted by molar-refractivity contribution is -0.113. The average molecular weight is 414 g/mol. The van der Waals surface area contributed by atoms with E-state index in [0.717, 1.165) is 18.2 Å². The Hall–Kier alpha value is -3.07. The summed E-state index contributed by atoms with van der Waals surface area (Å²) in [4.78, 5) is 44.0. The standard InChI is InChI=1S/C20H23N5O3S/c1-4-8-14-11-16(26)23-20(21-14)29-12-17(27)22-18-13(2)24(3)25(19(18)28)15-9-6-5-7-10-15/h5-7,9-11H,4,8,12H2,1-3H3,(H,22,27)(H,21,23,26). The maximum absolute atomic E-state index is 12.8. The number of hydrogen-bond acceptors (Lipinski definition) is 5. The SMILES string of the molecule is CCCc1cc(=O)[nH]c(SCC(=O)Nc2c(C)n(C)n(-c3ccccc3)c2=O)n1. The van der Waals surface area contributed by atoms with E-state index in [-0.39, 0.29) is 28.5 Å². The summed E-state index contributed by atoms with van der Waals surface area (Å²) >= 11 is 1.13. The molecule has 152 valence electrons. The second-order valence-corrected chi connectivity index (χ2v) is 7.53. The minimum Gasteiger partial charge on any atom is -0.319 e. The van der Waals surface area contributed by atoms with Crippen LogP contribution < -0.4 is 16.4 Å². The Kier molecular flexibility index (Phi) is 6.38. The van der Waals surface area contributed by atoms with E-state index in [1.165, 1.54) is 10.7 Å². The van der Waals surface area contributed by atoms with Gasteiger partial charge in [-0.2, -0.15) is 0 Å². The van der Waals surface area contributed by atoms with Gasteiger partial charge in [-0.25, -0.2) is 9.67 Å². The molecule has 0 unspecified atom stereocenters. The molecule has 0 aliphatic carbocycles. The van der Waals surface area contributed by atoms with Crippen LogP contribution in [-0.4, -0.2) is 31.0 Å². The first-order valence-electron chi connectivity index (χ1n) is 9.27. The van der Waals surface area contributed by atoms with Crippen molar-refractivity contribution in [1.29, 1.82) is 0 Å². The zero-order valence-electron chi connectivity index (χ0n) is 16.6. The summed E-state index contributed by atoms with van der Waals surface area (Å²) in [6.07, 6.45) is 1.58. The topological polar surface area (TPSA) is 102 Å². The number of aromatic nitrogens is 4. The maximum Gasteiger partial charge on any atom is 0.295 e. The lowest BCUT2D eigenvalue weighted by Gasteiger charge is -2.07. The molecule has 2 N–H and O–H groups in total. The van der Waals surface area contributed by atoms with Crippen molar-refractivity contribution >= 4 is 23.4 Å². The summed E-state index contributed by atoms with van der Waals surface area (Å²) < 4.78 is 3.21. The Bertz CT molecular complexity index is 1130. The molecule has 0 radical (unpaired) electrons. The number of aryl methyl sites for hydroxylation is 1. The van der Waals surface area contributed by atoms with Crippen LogP contribution in [0.4, 0.5) is 5.69 Å². The number of benzene rings is 1. The Labute approximate surface area is 172 Å². The number of nitrogens with one attached hydrogen (secondary N) is 2. The van der Waals surface area contributed by atoms with Crippen LogP contribution in [0.5, 0.6) is 0 Å². The van der Waals surface area contributed by atoms with E-state index in [9.17, 15) is 14.4 Å². The fraction of sp³-hybridized carbons (Fsp3) is 0.300. The second kappa shape index (κ2) is 8.95. The highest BCUT2D eigenvalue weighted by atomic mass is 32.2. The number of rotatable bonds is 7. The summed E-state index contributed by atoms with van der Waals surface area (Å²) in [6, 6.07) is 10.7. The summed E-state index contributed by atoms with van der Waals surface area (Å²) in [5, 5.41) is 3.09. The lowest BCUT2D eigenvalue weighted by Crippen LogP contribution is -2.23. The first-order chi connectivity index (χ1) is 13.9. The van der Waals surface area contributed by atoms with Gasteiger partial charge in [0.1, 0.15) is 5.69 Å². The number of carbonyl (C=O) groups is 1. The van der Waals surface area contributed by atoms with Gasteiger partial charge in [0, 0.05) is 18.8 Å². The highest BCUT2D eigenvalue weighted by molar-refractivity contribution is 7.99. The lowest BCUT2D eigenvalue weighted by atomic mass is 10.2. The minimum absolute atomic E-state index is 0.0254. The van der Waals surface area contributed by atoms with Crippen molar-refractivity contribution in [3.63, 3.8) is 0 Å². The molecule has 8 nitrogen and oxygen atoms in total. The van der Waals surface area contributed by atoms with Crippen molar-refractivity contribution in [1.82, 2.24) is 19.3 Å². The van der Waals surface area contributed by atoms with E-state index < -0.39 is 0 Å². The number of aromatic amines is 1. The molecule has 1 aromatic carbocycles. The van der Waals surface area contributed by atoms with E-state index in [1.807, 2.05) is 37.3 Å². The van der Waals surface area contributed by atoms with E-state index in [1.54, 1.807) is 18.7 Å². The summed E-state index contributed by atoms with van der Waals surface area (Å²) in [7, 11) is 1.77. The van der Waals surface area contributed by atoms with Crippen molar-refractivity contribution in [2.45, 2.75) is 31.8 Å². The molecule has 1 amide bonds. The number of anilines is 1. The van der Waals surface area contributed by atoms with Gasteiger partial charge < -0.3 is 10.3 Å². The molecular weight excluding hydrogens is 390 g/mol. The van der Waals surface area contributed by atoms with E-state index in [2.05, 4.69) is 15.3 Å². The number of nitrogens with zero attached hydrogens (tertiary/aromatic N) is 3. The first-order valence-corrected chi connectivity index (χ1v) is 10.3. The van der Waals surface area contributed by atoms with Gasteiger partial charge in [0.15, 0.2) is 5.16 Å². The molecule has 0 saturated carbocycles. The number of thioether (sulfide) groups is 1. The van der Waals surface area contributed by atoms with Crippen LogP contribution in [0, 0.1) is 6.92 Å². The van der Waals surface area contributed by atoms with Crippen molar-refractivity contribution in [3.05, 3.63) is 68.5 Å². The van der Waals surface area contributed by atoms with Crippen molar-refractivity contribution in [2.75, 3.05) is 11.1 Å². The van der Waals surface area contributed by atoms with Crippen LogP contribution in [0.15, 0.2) is 51.1 Å². The van der Waals surface area contributed by atoms with Crippen LogP contribution in [0.25, 0.3) is 5.69 Å². The highest BCUT2D eigenvalue weighted by Gasteiger charge is 2.18. The third kappa shape index (κ3) is 4.68. The number of H-pyrrole nitrogens is 1. The highest BCUT2D eigenvalue weighted by Crippen LogP contribution is 2.16. The smallest absolute Gasteiger partial charge is 0.295 e. The first kappa shape index (κ1) is 20.7. The molecule has 2 aromatic heterocycles. The fourth-order valence-electron chi connectivity index (χ4n) is 2.96. The second-order valence-electron chi connectivity index (χ2n) is 6.57. The Morgan fingerprint density at radius 2 is 1.97 bits per heavy atom. The molecule has 2 heterocycles. The van der Waals surface area contributed by atoms with Gasteiger partial charge in [0.25, 0.3) is 11.1 Å². The summed E-state index contributed by atoms with van der Waals surface area (Å²) in [5.74, 6) is -0.318. The van der Waals surface area contributed by atoms with Gasteiger partial charge in [-0.15, -0.1) is 0 Å². The zero-order valence-corrected chi connectivity index (χ0v) is 17.4. The Morgan fingerprint density at radius 3 is 2.66 bits per heavy atom. The monoisotopic (exact) mass is 413 g/mol. The molecule has 29 heavy (non-hydrogen) atoms.